The Kier molecular flexibility index (Phi) is 3.60. The van der Waals surface area contributed by atoms with Crippen molar-refractivity contribution in [3.63, 3.8) is 0 Å². The molecule has 4 fully saturated rings. The van der Waals surface area contributed by atoms with Crippen LogP contribution in [0, 0.1) is 17.8 Å². The second kappa shape index (κ2) is 5.52. The molecule has 1 aromatic rings. The third-order valence-electron chi connectivity index (χ3n) is 6.04. The van der Waals surface area contributed by atoms with Gasteiger partial charge in [-0.2, -0.15) is 0 Å². The molecule has 1 amide bonds. The van der Waals surface area contributed by atoms with Crippen molar-refractivity contribution in [1.82, 2.24) is 0 Å². The number of nitrogens with two attached hydrogens (primary N) is 1. The van der Waals surface area contributed by atoms with Crippen molar-refractivity contribution in [1.29, 1.82) is 0 Å². The average Bonchev–Trinajstić information content (AvgIpc) is 2.47. The molecule has 1 atom stereocenters. The molecular formula is C19H27N3O. The fourth-order valence-electron chi connectivity index (χ4n) is 5.50. The molecule has 0 aromatic heterocycles. The van der Waals surface area contributed by atoms with Crippen LogP contribution < -0.4 is 16.4 Å². The molecule has 4 N–H and O–H groups in total. The Morgan fingerprint density at radius 1 is 1.09 bits per heavy atom. The minimum Gasteiger partial charge on any atom is -0.378 e. The zero-order valence-corrected chi connectivity index (χ0v) is 13.8. The van der Waals surface area contributed by atoms with Crippen molar-refractivity contribution in [3.05, 3.63) is 24.3 Å². The molecule has 4 nitrogen and oxygen atoms in total. The van der Waals surface area contributed by atoms with E-state index in [2.05, 4.69) is 16.7 Å². The molecule has 4 saturated carbocycles. The van der Waals surface area contributed by atoms with Crippen LogP contribution in [0.1, 0.15) is 45.4 Å². The molecule has 4 bridgehead atoms. The quantitative estimate of drug-likeness (QED) is 0.798. The summed E-state index contributed by atoms with van der Waals surface area (Å²) in [5.41, 5.74) is 7.83. The van der Waals surface area contributed by atoms with Crippen molar-refractivity contribution in [3.8, 4) is 0 Å². The molecule has 23 heavy (non-hydrogen) atoms. The van der Waals surface area contributed by atoms with E-state index in [1.165, 1.54) is 38.5 Å². The van der Waals surface area contributed by atoms with Gasteiger partial charge < -0.3 is 16.4 Å². The molecular weight excluding hydrogens is 286 g/mol. The summed E-state index contributed by atoms with van der Waals surface area (Å²) < 4.78 is 0. The molecule has 0 aliphatic heterocycles. The SMILES string of the molecule is CC(N)C(=O)Nc1ccccc1NC12CC3CC(CC(C3)C1)C2. The minimum atomic E-state index is -0.498. The number of hydrogen-bond acceptors (Lipinski definition) is 3. The van der Waals surface area contributed by atoms with Gasteiger partial charge in [0.1, 0.15) is 0 Å². The van der Waals surface area contributed by atoms with Crippen molar-refractivity contribution in [2.75, 3.05) is 10.6 Å². The topological polar surface area (TPSA) is 67.2 Å². The number of hydrogen-bond donors (Lipinski definition) is 3. The van der Waals surface area contributed by atoms with E-state index in [1.807, 2.05) is 18.2 Å². The number of anilines is 2. The smallest absolute Gasteiger partial charge is 0.241 e. The Morgan fingerprint density at radius 2 is 1.61 bits per heavy atom. The van der Waals surface area contributed by atoms with Crippen LogP contribution in [0.5, 0.6) is 0 Å². The van der Waals surface area contributed by atoms with Gasteiger partial charge in [0.15, 0.2) is 0 Å². The Hall–Kier alpha value is -1.55. The normalized spacial score (nSPS) is 35.8. The van der Waals surface area contributed by atoms with Gasteiger partial charge in [-0.15, -0.1) is 0 Å². The summed E-state index contributed by atoms with van der Waals surface area (Å²) in [5.74, 6) is 2.57. The third kappa shape index (κ3) is 2.85. The second-order valence-corrected chi connectivity index (χ2v) is 8.15. The van der Waals surface area contributed by atoms with E-state index in [4.69, 9.17) is 5.73 Å². The van der Waals surface area contributed by atoms with Crippen LogP contribution >= 0.6 is 0 Å². The highest BCUT2D eigenvalue weighted by Gasteiger charge is 2.51. The number of amides is 1. The van der Waals surface area contributed by atoms with Crippen LogP contribution in [0.25, 0.3) is 0 Å². The fraction of sp³-hybridized carbons (Fsp3) is 0.632. The van der Waals surface area contributed by atoms with Crippen LogP contribution in [0.15, 0.2) is 24.3 Å². The van der Waals surface area contributed by atoms with Crippen molar-refractivity contribution in [2.24, 2.45) is 23.5 Å². The Balaban J connectivity index is 1.56. The number of carbonyl (C=O) groups is 1. The molecule has 5 rings (SSSR count). The lowest BCUT2D eigenvalue weighted by molar-refractivity contribution is -0.117. The Bertz CT molecular complexity index is 575. The van der Waals surface area contributed by atoms with E-state index in [9.17, 15) is 4.79 Å². The number of nitrogens with one attached hydrogen (secondary N) is 2. The molecule has 124 valence electrons. The van der Waals surface area contributed by atoms with E-state index in [0.29, 0.717) is 0 Å². The lowest BCUT2D eigenvalue weighted by Crippen LogP contribution is -2.54. The zero-order chi connectivity index (χ0) is 16.0. The molecule has 0 spiro atoms. The highest BCUT2D eigenvalue weighted by molar-refractivity contribution is 5.97. The Labute approximate surface area is 138 Å². The first kappa shape index (κ1) is 15.0. The second-order valence-electron chi connectivity index (χ2n) is 8.15. The first-order valence-electron chi connectivity index (χ1n) is 8.97. The van der Waals surface area contributed by atoms with Gasteiger partial charge in [0.2, 0.25) is 5.91 Å². The van der Waals surface area contributed by atoms with Gasteiger partial charge in [-0.25, -0.2) is 0 Å². The van der Waals surface area contributed by atoms with E-state index in [-0.39, 0.29) is 11.4 Å². The van der Waals surface area contributed by atoms with Crippen molar-refractivity contribution in [2.45, 2.75) is 57.0 Å². The van der Waals surface area contributed by atoms with Gasteiger partial charge >= 0.3 is 0 Å². The summed E-state index contributed by atoms with van der Waals surface area (Å²) in [4.78, 5) is 12.0. The van der Waals surface area contributed by atoms with Crippen molar-refractivity contribution < 1.29 is 4.79 Å². The summed E-state index contributed by atoms with van der Waals surface area (Å²) in [7, 11) is 0. The number of para-hydroxylation sites is 2. The van der Waals surface area contributed by atoms with Crippen LogP contribution in [0.2, 0.25) is 0 Å². The molecule has 4 heteroatoms. The third-order valence-corrected chi connectivity index (χ3v) is 6.04. The van der Waals surface area contributed by atoms with Crippen LogP contribution in [-0.2, 0) is 4.79 Å². The monoisotopic (exact) mass is 313 g/mol. The van der Waals surface area contributed by atoms with E-state index < -0.39 is 6.04 Å². The summed E-state index contributed by atoms with van der Waals surface area (Å²) in [6.07, 6.45) is 8.16. The maximum Gasteiger partial charge on any atom is 0.241 e. The minimum absolute atomic E-state index is 0.134. The number of benzene rings is 1. The molecule has 4 aliphatic rings. The summed E-state index contributed by atoms with van der Waals surface area (Å²) in [6, 6.07) is 7.53. The van der Waals surface area contributed by atoms with Crippen LogP contribution in [0.3, 0.4) is 0 Å². The fourth-order valence-corrected chi connectivity index (χ4v) is 5.50. The van der Waals surface area contributed by atoms with Crippen LogP contribution in [-0.4, -0.2) is 17.5 Å². The predicted octanol–water partition coefficient (Wildman–Crippen LogP) is 3.35. The molecule has 0 heterocycles. The van der Waals surface area contributed by atoms with Crippen LogP contribution in [0.4, 0.5) is 11.4 Å². The summed E-state index contributed by atoms with van der Waals surface area (Å²) >= 11 is 0. The van der Waals surface area contributed by atoms with Gasteiger partial charge in [-0.05, 0) is 75.3 Å². The average molecular weight is 313 g/mol. The zero-order valence-electron chi connectivity index (χ0n) is 13.8. The molecule has 4 aliphatic carbocycles. The maximum atomic E-state index is 12.0. The van der Waals surface area contributed by atoms with Gasteiger partial charge in [-0.3, -0.25) is 4.79 Å². The Morgan fingerprint density at radius 3 is 2.13 bits per heavy atom. The van der Waals surface area contributed by atoms with Gasteiger partial charge in [0, 0.05) is 5.54 Å². The molecule has 1 aromatic carbocycles. The molecule has 0 saturated heterocycles. The maximum absolute atomic E-state index is 12.0. The van der Waals surface area contributed by atoms with Gasteiger partial charge in [-0.1, -0.05) is 12.1 Å². The lowest BCUT2D eigenvalue weighted by Gasteiger charge is -2.57. The van der Waals surface area contributed by atoms with Gasteiger partial charge in [0.25, 0.3) is 0 Å². The standard InChI is InChI=1S/C19H27N3O/c1-12(20)18(23)21-16-4-2-3-5-17(16)22-19-9-13-6-14(10-19)8-15(7-13)11-19/h2-5,12-15,22H,6-11,20H2,1H3,(H,21,23). The summed E-state index contributed by atoms with van der Waals surface area (Å²) in [5, 5.41) is 6.81. The van der Waals surface area contributed by atoms with Crippen molar-refractivity contribution >= 4 is 17.3 Å². The van der Waals surface area contributed by atoms with E-state index in [0.717, 1.165) is 29.1 Å². The summed E-state index contributed by atoms with van der Waals surface area (Å²) in [6.45, 7) is 1.71. The van der Waals surface area contributed by atoms with Gasteiger partial charge in [0.05, 0.1) is 17.4 Å². The lowest BCUT2D eigenvalue weighted by atomic mass is 9.53. The van der Waals surface area contributed by atoms with E-state index in [1.54, 1.807) is 6.92 Å². The number of carbonyl (C=O) groups excluding carboxylic acids is 1. The predicted molar refractivity (Wildman–Crippen MR) is 93.2 cm³/mol. The molecule has 0 radical (unpaired) electrons. The highest BCUT2D eigenvalue weighted by Crippen LogP contribution is 2.56. The first-order valence-corrected chi connectivity index (χ1v) is 8.97. The first-order chi connectivity index (χ1) is 11.0. The molecule has 1 unspecified atom stereocenters. The highest BCUT2D eigenvalue weighted by atomic mass is 16.2. The largest absolute Gasteiger partial charge is 0.378 e. The number of rotatable bonds is 4. The van der Waals surface area contributed by atoms with E-state index >= 15 is 0 Å².